The van der Waals surface area contributed by atoms with Crippen molar-refractivity contribution >= 4 is 22.7 Å². The number of hydrogen-bond acceptors (Lipinski definition) is 4. The molecule has 172 valence electrons. The molecule has 4 aromatic carbocycles. The fraction of sp³-hybridized carbons (Fsp3) is 0.0968. The first kappa shape index (κ1) is 22.4. The van der Waals surface area contributed by atoms with E-state index in [1.807, 2.05) is 60.7 Å². The molecule has 5 rings (SSSR count). The van der Waals surface area contributed by atoms with Crippen molar-refractivity contribution < 1.29 is 10.2 Å². The van der Waals surface area contributed by atoms with E-state index in [2.05, 4.69) is 37.9 Å². The molecule has 0 aliphatic rings. The predicted molar refractivity (Wildman–Crippen MR) is 144 cm³/mol. The molecule has 0 saturated heterocycles. The van der Waals surface area contributed by atoms with Gasteiger partial charge in [0.2, 0.25) is 0 Å². The maximum Gasteiger partial charge on any atom is 0.125 e. The molecule has 0 aliphatic carbocycles. The molecular formula is C31H26N2O2. The third-order valence-electron chi connectivity index (χ3n) is 6.21. The van der Waals surface area contributed by atoms with Crippen LogP contribution in [0.1, 0.15) is 22.4 Å². The summed E-state index contributed by atoms with van der Waals surface area (Å²) in [6.45, 7) is 6.29. The quantitative estimate of drug-likeness (QED) is 0.272. The predicted octanol–water partition coefficient (Wildman–Crippen LogP) is 7.66. The Labute approximate surface area is 204 Å². The van der Waals surface area contributed by atoms with Gasteiger partial charge in [-0.3, -0.25) is 4.99 Å². The molecule has 1 heterocycles. The van der Waals surface area contributed by atoms with Gasteiger partial charge in [0.15, 0.2) is 0 Å². The van der Waals surface area contributed by atoms with Gasteiger partial charge in [0.1, 0.15) is 11.5 Å². The Morgan fingerprint density at radius 1 is 0.743 bits per heavy atom. The molecule has 0 unspecified atom stereocenters. The van der Waals surface area contributed by atoms with E-state index >= 15 is 0 Å². The number of aromatic nitrogens is 1. The summed E-state index contributed by atoms with van der Waals surface area (Å²) in [7, 11) is 0. The zero-order chi connectivity index (χ0) is 24.5. The maximum atomic E-state index is 10.9. The number of phenolic OH excluding ortho intramolecular Hbond substituents is 2. The Morgan fingerprint density at radius 2 is 1.46 bits per heavy atom. The smallest absolute Gasteiger partial charge is 0.125 e. The van der Waals surface area contributed by atoms with Crippen molar-refractivity contribution in [2.75, 3.05) is 0 Å². The number of pyridine rings is 1. The minimum atomic E-state index is 0.183. The Kier molecular flexibility index (Phi) is 5.79. The lowest BCUT2D eigenvalue weighted by Gasteiger charge is -2.13. The molecule has 0 radical (unpaired) electrons. The van der Waals surface area contributed by atoms with E-state index in [1.54, 1.807) is 18.3 Å². The van der Waals surface area contributed by atoms with E-state index in [4.69, 9.17) is 4.98 Å². The summed E-state index contributed by atoms with van der Waals surface area (Å²) in [6.07, 6.45) is 1.68. The van der Waals surface area contributed by atoms with Crippen molar-refractivity contribution in [3.05, 3.63) is 107 Å². The van der Waals surface area contributed by atoms with Crippen molar-refractivity contribution in [3.8, 4) is 33.9 Å². The summed E-state index contributed by atoms with van der Waals surface area (Å²) in [5, 5.41) is 22.8. The summed E-state index contributed by atoms with van der Waals surface area (Å²) in [4.78, 5) is 9.29. The summed E-state index contributed by atoms with van der Waals surface area (Å²) < 4.78 is 0. The molecule has 0 spiro atoms. The number of aromatic hydroxyl groups is 2. The normalized spacial score (nSPS) is 11.4. The Balaban J connectivity index is 1.48. The van der Waals surface area contributed by atoms with E-state index in [-0.39, 0.29) is 11.5 Å². The van der Waals surface area contributed by atoms with Crippen LogP contribution in [-0.2, 0) is 0 Å². The number of phenols is 2. The Hall–Kier alpha value is -4.44. The summed E-state index contributed by atoms with van der Waals surface area (Å²) >= 11 is 0. The van der Waals surface area contributed by atoms with Gasteiger partial charge in [0, 0.05) is 10.9 Å². The van der Waals surface area contributed by atoms with Crippen LogP contribution < -0.4 is 0 Å². The van der Waals surface area contributed by atoms with Gasteiger partial charge in [-0.15, -0.1) is 0 Å². The van der Waals surface area contributed by atoms with Gasteiger partial charge in [-0.05, 0) is 84.8 Å². The molecule has 0 fully saturated rings. The summed E-state index contributed by atoms with van der Waals surface area (Å²) in [5.74, 6) is 0.378. The zero-order valence-electron chi connectivity index (χ0n) is 19.9. The Morgan fingerprint density at radius 3 is 2.20 bits per heavy atom. The fourth-order valence-corrected chi connectivity index (χ4v) is 4.76. The molecule has 1 aromatic heterocycles. The number of aliphatic imine (C=N–C) groups is 1. The molecule has 2 N–H and O–H groups in total. The molecule has 4 nitrogen and oxygen atoms in total. The maximum absolute atomic E-state index is 10.9. The van der Waals surface area contributed by atoms with Gasteiger partial charge in [0.05, 0.1) is 23.3 Å². The highest BCUT2D eigenvalue weighted by molar-refractivity contribution is 5.99. The van der Waals surface area contributed by atoms with E-state index in [9.17, 15) is 10.2 Å². The number of fused-ring (bicyclic) bond motifs is 1. The third kappa shape index (κ3) is 4.38. The number of hydrogen-bond donors (Lipinski definition) is 2. The molecule has 0 amide bonds. The van der Waals surface area contributed by atoms with Crippen molar-refractivity contribution in [2.45, 2.75) is 20.8 Å². The molecule has 0 atom stereocenters. The zero-order valence-corrected chi connectivity index (χ0v) is 19.9. The first-order valence-corrected chi connectivity index (χ1v) is 11.5. The molecule has 35 heavy (non-hydrogen) atoms. The van der Waals surface area contributed by atoms with Crippen LogP contribution in [0.5, 0.6) is 11.5 Å². The van der Waals surface area contributed by atoms with Crippen LogP contribution in [0.4, 0.5) is 5.69 Å². The molecular weight excluding hydrogens is 432 g/mol. The van der Waals surface area contributed by atoms with Crippen LogP contribution in [0.25, 0.3) is 33.2 Å². The van der Waals surface area contributed by atoms with Crippen LogP contribution in [-0.4, -0.2) is 21.4 Å². The van der Waals surface area contributed by atoms with Crippen LogP contribution in [0.3, 0.4) is 0 Å². The number of aryl methyl sites for hydroxylation is 3. The second kappa shape index (κ2) is 9.07. The molecule has 0 bridgehead atoms. The first-order valence-electron chi connectivity index (χ1n) is 11.5. The third-order valence-corrected chi connectivity index (χ3v) is 6.21. The number of rotatable bonds is 4. The van der Waals surface area contributed by atoms with Crippen LogP contribution in [0, 0.1) is 20.8 Å². The van der Waals surface area contributed by atoms with Crippen molar-refractivity contribution in [1.82, 2.24) is 4.98 Å². The van der Waals surface area contributed by atoms with E-state index in [1.165, 1.54) is 16.7 Å². The van der Waals surface area contributed by atoms with Crippen molar-refractivity contribution in [3.63, 3.8) is 0 Å². The number of benzene rings is 4. The highest BCUT2D eigenvalue weighted by Crippen LogP contribution is 2.36. The standard InChI is InChI=1S/C31H26N2O2/c1-19-15-20(2)30(21(3)16-19)23-13-14-25(29(35)17-23)26-10-6-9-24(33-26)18-32-27-11-4-7-22-8-5-12-28(34)31(22)27/h4-18,34-35H,1-3H3. The lowest BCUT2D eigenvalue weighted by molar-refractivity contribution is 0.477. The van der Waals surface area contributed by atoms with Gasteiger partial charge >= 0.3 is 0 Å². The van der Waals surface area contributed by atoms with Crippen molar-refractivity contribution in [1.29, 1.82) is 0 Å². The van der Waals surface area contributed by atoms with Gasteiger partial charge < -0.3 is 10.2 Å². The summed E-state index contributed by atoms with van der Waals surface area (Å²) in [5.41, 5.74) is 8.37. The fourth-order valence-electron chi connectivity index (χ4n) is 4.76. The van der Waals surface area contributed by atoms with Crippen LogP contribution >= 0.6 is 0 Å². The van der Waals surface area contributed by atoms with E-state index in [0.29, 0.717) is 28.0 Å². The monoisotopic (exact) mass is 458 g/mol. The lowest BCUT2D eigenvalue weighted by Crippen LogP contribution is -1.93. The van der Waals surface area contributed by atoms with Gasteiger partial charge in [-0.2, -0.15) is 0 Å². The van der Waals surface area contributed by atoms with Crippen molar-refractivity contribution in [2.24, 2.45) is 4.99 Å². The first-order chi connectivity index (χ1) is 16.9. The second-order valence-electron chi connectivity index (χ2n) is 8.86. The average molecular weight is 459 g/mol. The SMILES string of the molecule is Cc1cc(C)c(-c2ccc(-c3cccc(C=Nc4cccc5cccc(O)c45)n3)c(O)c2)c(C)c1. The molecule has 5 aromatic rings. The molecule has 4 heteroatoms. The van der Waals surface area contributed by atoms with Gasteiger partial charge in [0.25, 0.3) is 0 Å². The second-order valence-corrected chi connectivity index (χ2v) is 8.86. The molecule has 0 aliphatic heterocycles. The lowest BCUT2D eigenvalue weighted by atomic mass is 9.92. The minimum absolute atomic E-state index is 0.183. The Bertz CT molecular complexity index is 1570. The minimum Gasteiger partial charge on any atom is -0.507 e. The highest BCUT2D eigenvalue weighted by atomic mass is 16.3. The van der Waals surface area contributed by atoms with E-state index in [0.717, 1.165) is 16.5 Å². The highest BCUT2D eigenvalue weighted by Gasteiger charge is 2.12. The van der Waals surface area contributed by atoms with Crippen LogP contribution in [0.2, 0.25) is 0 Å². The number of nitrogens with zero attached hydrogens (tertiary/aromatic N) is 2. The topological polar surface area (TPSA) is 65.7 Å². The average Bonchev–Trinajstić information content (AvgIpc) is 2.82. The van der Waals surface area contributed by atoms with Gasteiger partial charge in [-0.1, -0.05) is 54.1 Å². The largest absolute Gasteiger partial charge is 0.507 e. The van der Waals surface area contributed by atoms with Crippen LogP contribution in [0.15, 0.2) is 89.9 Å². The summed E-state index contributed by atoms with van der Waals surface area (Å²) in [6, 6.07) is 26.8. The molecule has 0 saturated carbocycles. The van der Waals surface area contributed by atoms with E-state index < -0.39 is 0 Å². The van der Waals surface area contributed by atoms with Gasteiger partial charge in [-0.25, -0.2) is 4.98 Å².